The molecule has 24 heavy (non-hydrogen) atoms. The van der Waals surface area contributed by atoms with Crippen LogP contribution in [-0.4, -0.2) is 13.3 Å². The van der Waals surface area contributed by atoms with Gasteiger partial charge in [-0.05, 0) is 56.0 Å². The lowest BCUT2D eigenvalue weighted by Crippen LogP contribution is -2.28. The maximum Gasteiger partial charge on any atom is 0.289 e. The number of rotatable bonds is 5. The number of aryl methyl sites for hydroxylation is 3. The second-order valence-corrected chi connectivity index (χ2v) is 7.54. The summed E-state index contributed by atoms with van der Waals surface area (Å²) in [6, 6.07) is 8.76. The van der Waals surface area contributed by atoms with Crippen molar-refractivity contribution in [1.82, 2.24) is 4.72 Å². The van der Waals surface area contributed by atoms with Gasteiger partial charge in [0.2, 0.25) is 10.0 Å². The first-order chi connectivity index (χ1) is 11.1. The molecule has 0 heterocycles. The highest BCUT2D eigenvalue weighted by Gasteiger charge is 2.27. The topological polar surface area (TPSA) is 89.3 Å². The number of nitrogens with one attached hydrogen (secondary N) is 1. The second-order valence-electron chi connectivity index (χ2n) is 5.86. The zero-order valence-electron chi connectivity index (χ0n) is 14.0. The van der Waals surface area contributed by atoms with Crippen molar-refractivity contribution in [2.45, 2.75) is 38.6 Å². The molecule has 0 aliphatic heterocycles. The van der Waals surface area contributed by atoms with Crippen molar-refractivity contribution < 1.29 is 13.3 Å². The minimum atomic E-state index is -4.01. The Balaban J connectivity index is 2.40. The Morgan fingerprint density at radius 3 is 2.25 bits per heavy atom. The van der Waals surface area contributed by atoms with Gasteiger partial charge in [-0.25, -0.2) is 13.1 Å². The zero-order valence-corrected chi connectivity index (χ0v) is 14.8. The number of hydrogen-bond donors (Lipinski definition) is 1. The lowest BCUT2D eigenvalue weighted by atomic mass is 9.97. The predicted octanol–water partition coefficient (Wildman–Crippen LogP) is 3.56. The largest absolute Gasteiger partial charge is 0.289 e. The van der Waals surface area contributed by atoms with Crippen LogP contribution in [0.1, 0.15) is 35.2 Å². The molecular formula is C17H20N2O4S. The Labute approximate surface area is 141 Å². The fraction of sp³-hybridized carbons (Fsp3) is 0.294. The van der Waals surface area contributed by atoms with Crippen molar-refractivity contribution in [1.29, 1.82) is 0 Å². The van der Waals surface area contributed by atoms with Gasteiger partial charge < -0.3 is 0 Å². The molecule has 0 bridgehead atoms. The van der Waals surface area contributed by atoms with E-state index in [-0.39, 0.29) is 4.90 Å². The maximum atomic E-state index is 12.6. The number of benzene rings is 2. The van der Waals surface area contributed by atoms with Crippen LogP contribution in [0.15, 0.2) is 41.3 Å². The summed E-state index contributed by atoms with van der Waals surface area (Å²) in [6.45, 7) is 7.59. The van der Waals surface area contributed by atoms with Crippen LogP contribution < -0.4 is 4.72 Å². The first-order valence-corrected chi connectivity index (χ1v) is 8.95. The minimum Gasteiger partial charge on any atom is -0.258 e. The van der Waals surface area contributed by atoms with Crippen LogP contribution >= 0.6 is 0 Å². The van der Waals surface area contributed by atoms with Crippen molar-refractivity contribution in [3.05, 3.63) is 68.8 Å². The van der Waals surface area contributed by atoms with Gasteiger partial charge in [0.1, 0.15) is 0 Å². The molecule has 0 saturated carbocycles. The van der Waals surface area contributed by atoms with E-state index in [0.29, 0.717) is 0 Å². The molecule has 6 nitrogen and oxygen atoms in total. The monoisotopic (exact) mass is 348 g/mol. The summed E-state index contributed by atoms with van der Waals surface area (Å²) in [5.74, 6) is 0. The number of para-hydroxylation sites is 1. The third kappa shape index (κ3) is 3.63. The molecular weight excluding hydrogens is 328 g/mol. The summed E-state index contributed by atoms with van der Waals surface area (Å²) in [4.78, 5) is 10.0. The van der Waals surface area contributed by atoms with Gasteiger partial charge in [-0.3, -0.25) is 10.1 Å². The van der Waals surface area contributed by atoms with Gasteiger partial charge in [0.05, 0.1) is 4.92 Å². The summed E-state index contributed by atoms with van der Waals surface area (Å²) < 4.78 is 27.7. The molecule has 128 valence electrons. The number of nitro groups is 1. The van der Waals surface area contributed by atoms with Gasteiger partial charge >= 0.3 is 0 Å². The molecule has 0 amide bonds. The van der Waals surface area contributed by atoms with Crippen LogP contribution in [0, 0.1) is 30.9 Å². The summed E-state index contributed by atoms with van der Waals surface area (Å²) >= 11 is 0. The van der Waals surface area contributed by atoms with Gasteiger partial charge in [-0.2, -0.15) is 0 Å². The third-order valence-electron chi connectivity index (χ3n) is 4.03. The molecule has 2 aromatic rings. The first kappa shape index (κ1) is 18.1. The number of nitrogens with zero attached hydrogens (tertiary/aromatic N) is 1. The molecule has 7 heteroatoms. The Morgan fingerprint density at radius 1 is 1.04 bits per heavy atom. The Morgan fingerprint density at radius 2 is 1.62 bits per heavy atom. The molecule has 0 saturated heterocycles. The quantitative estimate of drug-likeness (QED) is 0.661. The fourth-order valence-electron chi connectivity index (χ4n) is 2.64. The highest BCUT2D eigenvalue weighted by atomic mass is 32.2. The summed E-state index contributed by atoms with van der Waals surface area (Å²) in [7, 11) is -4.01. The Kier molecular flexibility index (Phi) is 5.05. The van der Waals surface area contributed by atoms with Crippen LogP contribution in [0.25, 0.3) is 0 Å². The summed E-state index contributed by atoms with van der Waals surface area (Å²) in [6.07, 6.45) is 0. The Hall–Kier alpha value is -2.25. The van der Waals surface area contributed by atoms with Gasteiger partial charge in [-0.15, -0.1) is 0 Å². The highest BCUT2D eigenvalue weighted by Crippen LogP contribution is 2.27. The molecule has 0 aromatic heterocycles. The van der Waals surface area contributed by atoms with Gasteiger partial charge in [-0.1, -0.05) is 24.3 Å². The van der Waals surface area contributed by atoms with E-state index < -0.39 is 26.7 Å². The molecule has 1 N–H and O–H groups in total. The van der Waals surface area contributed by atoms with E-state index in [4.69, 9.17) is 0 Å². The average Bonchev–Trinajstić information content (AvgIpc) is 2.50. The minimum absolute atomic E-state index is 0.330. The van der Waals surface area contributed by atoms with Gasteiger partial charge in [0, 0.05) is 12.1 Å². The van der Waals surface area contributed by atoms with Crippen LogP contribution in [-0.2, 0) is 10.0 Å². The number of sulfonamides is 1. The average molecular weight is 348 g/mol. The molecule has 0 radical (unpaired) electrons. The molecule has 0 unspecified atom stereocenters. The van der Waals surface area contributed by atoms with Gasteiger partial charge in [0.25, 0.3) is 5.69 Å². The second kappa shape index (κ2) is 6.70. The van der Waals surface area contributed by atoms with Crippen LogP contribution in [0.5, 0.6) is 0 Å². The standard InChI is InChI=1S/C17H20N2O4S/c1-11-9-13(3)15(10-12(11)2)14(4)18-24(22,23)17-8-6-5-7-16(17)19(20)21/h5-10,14,18H,1-4H3/t14-/m1/s1. The molecule has 0 aliphatic rings. The predicted molar refractivity (Wildman–Crippen MR) is 92.5 cm³/mol. The smallest absolute Gasteiger partial charge is 0.258 e. The van der Waals surface area contributed by atoms with Crippen LogP contribution in [0.2, 0.25) is 0 Å². The van der Waals surface area contributed by atoms with E-state index in [2.05, 4.69) is 4.72 Å². The molecule has 2 rings (SSSR count). The van der Waals surface area contributed by atoms with E-state index in [1.165, 1.54) is 24.3 Å². The fourth-order valence-corrected chi connectivity index (χ4v) is 4.04. The zero-order chi connectivity index (χ0) is 18.1. The number of nitro benzene ring substituents is 1. The van der Waals surface area contributed by atoms with Crippen LogP contribution in [0.3, 0.4) is 0 Å². The maximum absolute atomic E-state index is 12.6. The third-order valence-corrected chi connectivity index (χ3v) is 5.62. The molecule has 0 fully saturated rings. The normalized spacial score (nSPS) is 12.8. The summed E-state index contributed by atoms with van der Waals surface area (Å²) in [5, 5.41) is 11.1. The number of hydrogen-bond acceptors (Lipinski definition) is 4. The van der Waals surface area contributed by atoms with E-state index in [0.717, 1.165) is 22.3 Å². The molecule has 0 aliphatic carbocycles. The van der Waals surface area contributed by atoms with E-state index in [1.54, 1.807) is 6.92 Å². The molecule has 0 spiro atoms. The van der Waals surface area contributed by atoms with Gasteiger partial charge in [0.15, 0.2) is 4.90 Å². The van der Waals surface area contributed by atoms with Crippen molar-refractivity contribution in [2.24, 2.45) is 0 Å². The van der Waals surface area contributed by atoms with Crippen LogP contribution in [0.4, 0.5) is 5.69 Å². The van der Waals surface area contributed by atoms with Crippen molar-refractivity contribution in [3.63, 3.8) is 0 Å². The van der Waals surface area contributed by atoms with Crippen molar-refractivity contribution in [3.8, 4) is 0 Å². The van der Waals surface area contributed by atoms with E-state index in [9.17, 15) is 18.5 Å². The van der Waals surface area contributed by atoms with Crippen molar-refractivity contribution >= 4 is 15.7 Å². The lowest BCUT2D eigenvalue weighted by molar-refractivity contribution is -0.387. The van der Waals surface area contributed by atoms with E-state index >= 15 is 0 Å². The Bertz CT molecular complexity index is 891. The first-order valence-electron chi connectivity index (χ1n) is 7.47. The summed E-state index contributed by atoms with van der Waals surface area (Å²) in [5.41, 5.74) is 3.57. The lowest BCUT2D eigenvalue weighted by Gasteiger charge is -2.18. The van der Waals surface area contributed by atoms with E-state index in [1.807, 2.05) is 32.9 Å². The highest BCUT2D eigenvalue weighted by molar-refractivity contribution is 7.89. The van der Waals surface area contributed by atoms with Crippen molar-refractivity contribution in [2.75, 3.05) is 0 Å². The SMILES string of the molecule is Cc1cc(C)c([C@@H](C)NS(=O)(=O)c2ccccc2[N+](=O)[O-])cc1C. The molecule has 2 aromatic carbocycles. The molecule has 1 atom stereocenters.